The predicted molar refractivity (Wildman–Crippen MR) is 91.3 cm³/mol. The van der Waals surface area contributed by atoms with Crippen molar-refractivity contribution in [3.8, 4) is 11.5 Å². The molecule has 6 heteroatoms. The van der Waals surface area contributed by atoms with E-state index in [0.29, 0.717) is 11.5 Å². The second-order valence-electron chi connectivity index (χ2n) is 5.04. The summed E-state index contributed by atoms with van der Waals surface area (Å²) < 4.78 is 5.73. The maximum atomic E-state index is 11.1. The lowest BCUT2D eigenvalue weighted by Crippen LogP contribution is -2.44. The van der Waals surface area contributed by atoms with E-state index < -0.39 is 12.0 Å². The van der Waals surface area contributed by atoms with E-state index in [-0.39, 0.29) is 11.5 Å². The predicted octanol–water partition coefficient (Wildman–Crippen LogP) is 3.00. The molecule has 0 saturated carbocycles. The molecule has 116 valence electrons. The smallest absolute Gasteiger partial charge is 0.326 e. The molecular weight excluding hydrogens is 312 g/mol. The van der Waals surface area contributed by atoms with E-state index in [1.165, 1.54) is 0 Å². The number of benzene rings is 2. The van der Waals surface area contributed by atoms with Crippen LogP contribution >= 0.6 is 12.2 Å². The molecular formula is C17H14N2O3S. The van der Waals surface area contributed by atoms with Crippen LogP contribution in [-0.4, -0.2) is 27.9 Å². The zero-order valence-corrected chi connectivity index (χ0v) is 12.9. The van der Waals surface area contributed by atoms with E-state index >= 15 is 0 Å². The molecule has 2 N–H and O–H groups in total. The molecule has 0 saturated heterocycles. The van der Waals surface area contributed by atoms with Gasteiger partial charge in [0.25, 0.3) is 0 Å². The summed E-state index contributed by atoms with van der Waals surface area (Å²) in [5.41, 5.74) is 1.49. The Morgan fingerprint density at radius 1 is 1.13 bits per heavy atom. The molecule has 0 aliphatic carbocycles. The van der Waals surface area contributed by atoms with Gasteiger partial charge in [-0.1, -0.05) is 18.2 Å². The lowest BCUT2D eigenvalue weighted by molar-refractivity contribution is -0.138. The summed E-state index contributed by atoms with van der Waals surface area (Å²) in [4.78, 5) is 15.4. The monoisotopic (exact) mass is 326 g/mol. The van der Waals surface area contributed by atoms with Gasteiger partial charge in [0.05, 0.1) is 5.71 Å². The Labute approximate surface area is 138 Å². The van der Waals surface area contributed by atoms with Crippen LogP contribution in [0.3, 0.4) is 0 Å². The maximum Gasteiger partial charge on any atom is 0.326 e. The Hall–Kier alpha value is -2.73. The third-order valence-corrected chi connectivity index (χ3v) is 3.61. The molecule has 5 nitrogen and oxygen atoms in total. The summed E-state index contributed by atoms with van der Waals surface area (Å²) in [6.07, 6.45) is 0.286. The van der Waals surface area contributed by atoms with Crippen LogP contribution in [0.5, 0.6) is 11.5 Å². The summed E-state index contributed by atoms with van der Waals surface area (Å²) in [5, 5.41) is 12.0. The highest BCUT2D eigenvalue weighted by molar-refractivity contribution is 7.80. The van der Waals surface area contributed by atoms with Gasteiger partial charge in [-0.05, 0) is 54.2 Å². The number of nitrogens with zero attached hydrogens (tertiary/aromatic N) is 1. The molecule has 1 unspecified atom stereocenters. The number of rotatable bonds is 4. The van der Waals surface area contributed by atoms with Gasteiger partial charge in [0, 0.05) is 6.42 Å². The Kier molecular flexibility index (Phi) is 4.34. The third-order valence-electron chi connectivity index (χ3n) is 3.40. The van der Waals surface area contributed by atoms with E-state index in [1.54, 1.807) is 0 Å². The average Bonchev–Trinajstić information content (AvgIpc) is 2.56. The number of carbonyl (C=O) groups is 1. The van der Waals surface area contributed by atoms with Crippen molar-refractivity contribution in [1.29, 1.82) is 0 Å². The van der Waals surface area contributed by atoms with Gasteiger partial charge < -0.3 is 15.2 Å². The topological polar surface area (TPSA) is 70.9 Å². The van der Waals surface area contributed by atoms with Crippen molar-refractivity contribution in [3.63, 3.8) is 0 Å². The molecule has 0 fully saturated rings. The molecule has 0 amide bonds. The summed E-state index contributed by atoms with van der Waals surface area (Å²) in [5.74, 6) is 0.516. The first kappa shape index (κ1) is 15.2. The highest BCUT2D eigenvalue weighted by atomic mass is 32.1. The molecule has 0 bridgehead atoms. The number of nitrogens with one attached hydrogen (secondary N) is 1. The zero-order valence-electron chi connectivity index (χ0n) is 12.1. The van der Waals surface area contributed by atoms with Crippen molar-refractivity contribution in [3.05, 3.63) is 60.2 Å². The van der Waals surface area contributed by atoms with Crippen molar-refractivity contribution in [2.75, 3.05) is 0 Å². The standard InChI is InChI=1S/C17H14N2O3S/c20-16(21)15-10-14(18-17(23)19-15)11-6-8-13(9-7-11)22-12-4-2-1-3-5-12/h1-9,15H,10H2,(H,19,23)(H,20,21). The van der Waals surface area contributed by atoms with Gasteiger partial charge in [-0.25, -0.2) is 9.79 Å². The van der Waals surface area contributed by atoms with Gasteiger partial charge in [0.1, 0.15) is 17.5 Å². The Morgan fingerprint density at radius 2 is 1.78 bits per heavy atom. The van der Waals surface area contributed by atoms with Crippen molar-refractivity contribution in [1.82, 2.24) is 5.32 Å². The molecule has 0 spiro atoms. The average molecular weight is 326 g/mol. The Morgan fingerprint density at radius 3 is 2.43 bits per heavy atom. The number of para-hydroxylation sites is 1. The normalized spacial score (nSPS) is 17.1. The fraction of sp³-hybridized carbons (Fsp3) is 0.118. The summed E-state index contributed by atoms with van der Waals surface area (Å²) >= 11 is 5.00. The van der Waals surface area contributed by atoms with E-state index in [9.17, 15) is 4.79 Å². The lowest BCUT2D eigenvalue weighted by atomic mass is 10.0. The number of hydrogen-bond donors (Lipinski definition) is 2. The first-order chi connectivity index (χ1) is 11.1. The van der Waals surface area contributed by atoms with Crippen LogP contribution in [0, 0.1) is 0 Å². The minimum atomic E-state index is -0.941. The number of ether oxygens (including phenoxy) is 1. The quantitative estimate of drug-likeness (QED) is 0.845. The molecule has 2 aromatic carbocycles. The van der Waals surface area contributed by atoms with E-state index in [2.05, 4.69) is 10.3 Å². The summed E-state index contributed by atoms with van der Waals surface area (Å²) in [6.45, 7) is 0. The van der Waals surface area contributed by atoms with Gasteiger partial charge >= 0.3 is 5.97 Å². The minimum Gasteiger partial charge on any atom is -0.480 e. The highest BCUT2D eigenvalue weighted by Gasteiger charge is 2.25. The van der Waals surface area contributed by atoms with Crippen molar-refractivity contribution in [2.45, 2.75) is 12.5 Å². The van der Waals surface area contributed by atoms with Crippen LogP contribution in [-0.2, 0) is 4.79 Å². The summed E-state index contributed by atoms with van der Waals surface area (Å²) in [6, 6.07) is 16.1. The molecule has 23 heavy (non-hydrogen) atoms. The Bertz CT molecular complexity index is 757. The first-order valence-electron chi connectivity index (χ1n) is 7.06. The number of thiocarbonyl (C=S) groups is 1. The number of aliphatic carboxylic acids is 1. The van der Waals surface area contributed by atoms with Crippen LogP contribution in [0.4, 0.5) is 0 Å². The number of aliphatic imine (C=N–C) groups is 1. The molecule has 1 aliphatic heterocycles. The van der Waals surface area contributed by atoms with Crippen LogP contribution < -0.4 is 10.1 Å². The number of hydrogen-bond acceptors (Lipinski definition) is 3. The van der Waals surface area contributed by atoms with Crippen molar-refractivity contribution < 1.29 is 14.6 Å². The fourth-order valence-corrected chi connectivity index (χ4v) is 2.52. The molecule has 1 atom stereocenters. The van der Waals surface area contributed by atoms with Crippen LogP contribution in [0.25, 0.3) is 0 Å². The van der Waals surface area contributed by atoms with Crippen molar-refractivity contribution in [2.24, 2.45) is 4.99 Å². The van der Waals surface area contributed by atoms with Gasteiger partial charge in [-0.2, -0.15) is 0 Å². The molecule has 2 aromatic rings. The van der Waals surface area contributed by atoms with Crippen LogP contribution in [0.2, 0.25) is 0 Å². The highest BCUT2D eigenvalue weighted by Crippen LogP contribution is 2.22. The molecule has 1 aliphatic rings. The van der Waals surface area contributed by atoms with E-state index in [4.69, 9.17) is 22.1 Å². The Balaban J connectivity index is 1.77. The second kappa shape index (κ2) is 6.58. The molecule has 0 radical (unpaired) electrons. The second-order valence-corrected chi connectivity index (χ2v) is 5.43. The van der Waals surface area contributed by atoms with Gasteiger partial charge in [0.15, 0.2) is 5.11 Å². The summed E-state index contributed by atoms with van der Waals surface area (Å²) in [7, 11) is 0. The minimum absolute atomic E-state index is 0.197. The molecule has 1 heterocycles. The van der Waals surface area contributed by atoms with E-state index in [0.717, 1.165) is 11.3 Å². The molecule has 0 aromatic heterocycles. The first-order valence-corrected chi connectivity index (χ1v) is 7.47. The maximum absolute atomic E-state index is 11.1. The zero-order chi connectivity index (χ0) is 16.2. The third kappa shape index (κ3) is 3.73. The van der Waals surface area contributed by atoms with E-state index in [1.807, 2.05) is 54.6 Å². The lowest BCUT2D eigenvalue weighted by Gasteiger charge is -2.21. The SMILES string of the molecule is O=C(O)C1CC(c2ccc(Oc3ccccc3)cc2)=NC(=S)N1. The van der Waals surface area contributed by atoms with Crippen LogP contribution in [0.15, 0.2) is 59.6 Å². The molecule has 3 rings (SSSR count). The van der Waals surface area contributed by atoms with Gasteiger partial charge in [0.2, 0.25) is 0 Å². The van der Waals surface area contributed by atoms with Gasteiger partial charge in [-0.15, -0.1) is 0 Å². The van der Waals surface area contributed by atoms with Crippen LogP contribution in [0.1, 0.15) is 12.0 Å². The number of carboxylic acids is 1. The fourth-order valence-electron chi connectivity index (χ4n) is 2.27. The number of carboxylic acid groups (broad SMARTS) is 1. The largest absolute Gasteiger partial charge is 0.480 e. The van der Waals surface area contributed by atoms with Crippen molar-refractivity contribution >= 4 is 29.0 Å². The van der Waals surface area contributed by atoms with Gasteiger partial charge in [-0.3, -0.25) is 0 Å².